The molecule has 0 amide bonds. The molecule has 0 radical (unpaired) electrons. The highest BCUT2D eigenvalue weighted by atomic mass is 32.2. The molecule has 1 unspecified atom stereocenters. The lowest BCUT2D eigenvalue weighted by molar-refractivity contribution is -0.137. The van der Waals surface area contributed by atoms with Gasteiger partial charge < -0.3 is 5.11 Å². The first kappa shape index (κ1) is 17.2. The Hall–Kier alpha value is -2.19. The molecule has 2 rings (SSSR count). The van der Waals surface area contributed by atoms with E-state index in [0.29, 0.717) is 5.56 Å². The van der Waals surface area contributed by atoms with E-state index in [9.17, 15) is 22.2 Å². The summed E-state index contributed by atoms with van der Waals surface area (Å²) >= 11 is 0. The number of carboxylic acids is 1. The topological polar surface area (TPSA) is 66.4 Å². The SMILES string of the molecule is O=C(O)c1ccc(CNS(=O)c2ccc(C(F)(F)F)cc2)cc1. The Morgan fingerprint density at radius 2 is 1.61 bits per heavy atom. The number of halogens is 3. The summed E-state index contributed by atoms with van der Waals surface area (Å²) < 4.78 is 52.0. The molecule has 23 heavy (non-hydrogen) atoms. The monoisotopic (exact) mass is 343 g/mol. The molecular formula is C15H12F3NO3S. The lowest BCUT2D eigenvalue weighted by atomic mass is 10.1. The first-order valence-electron chi connectivity index (χ1n) is 6.42. The molecule has 4 nitrogen and oxygen atoms in total. The molecule has 0 aliphatic carbocycles. The van der Waals surface area contributed by atoms with Crippen LogP contribution in [0.1, 0.15) is 21.5 Å². The number of nitrogens with one attached hydrogen (secondary N) is 1. The molecule has 0 aliphatic rings. The van der Waals surface area contributed by atoms with Gasteiger partial charge in [-0.3, -0.25) is 0 Å². The lowest BCUT2D eigenvalue weighted by Crippen LogP contribution is -2.17. The van der Waals surface area contributed by atoms with Gasteiger partial charge in [-0.2, -0.15) is 13.2 Å². The van der Waals surface area contributed by atoms with Crippen LogP contribution >= 0.6 is 0 Å². The quantitative estimate of drug-likeness (QED) is 0.876. The van der Waals surface area contributed by atoms with Crippen LogP contribution in [0.5, 0.6) is 0 Å². The number of carbonyl (C=O) groups is 1. The van der Waals surface area contributed by atoms with E-state index in [0.717, 1.165) is 24.3 Å². The first-order valence-corrected chi connectivity index (χ1v) is 7.57. The molecule has 122 valence electrons. The molecule has 0 fully saturated rings. The fourth-order valence-electron chi connectivity index (χ4n) is 1.76. The van der Waals surface area contributed by atoms with Gasteiger partial charge in [0.05, 0.1) is 16.0 Å². The molecule has 2 aromatic rings. The Bertz CT molecular complexity index is 712. The standard InChI is InChI=1S/C15H12F3NO3S/c16-15(17,18)12-5-7-13(8-6-12)23(22)19-9-10-1-3-11(4-2-10)14(20)21/h1-8,19H,9H2,(H,20,21). The van der Waals surface area contributed by atoms with Gasteiger partial charge in [0.15, 0.2) is 0 Å². The number of hydrogen-bond acceptors (Lipinski definition) is 2. The zero-order valence-electron chi connectivity index (χ0n) is 11.6. The Balaban J connectivity index is 1.98. The van der Waals surface area contributed by atoms with E-state index in [1.807, 2.05) is 0 Å². The zero-order chi connectivity index (χ0) is 17.0. The van der Waals surface area contributed by atoms with Crippen LogP contribution < -0.4 is 4.72 Å². The van der Waals surface area contributed by atoms with Gasteiger partial charge in [-0.15, -0.1) is 0 Å². The molecule has 0 aromatic heterocycles. The molecular weight excluding hydrogens is 331 g/mol. The Kier molecular flexibility index (Phi) is 5.17. The van der Waals surface area contributed by atoms with E-state index in [1.54, 1.807) is 12.1 Å². The number of benzene rings is 2. The van der Waals surface area contributed by atoms with Crippen LogP contribution in [-0.2, 0) is 23.7 Å². The molecule has 0 bridgehead atoms. The van der Waals surface area contributed by atoms with Crippen molar-refractivity contribution in [1.29, 1.82) is 0 Å². The average molecular weight is 343 g/mol. The summed E-state index contributed by atoms with van der Waals surface area (Å²) in [6.45, 7) is 0.188. The second kappa shape index (κ2) is 6.93. The van der Waals surface area contributed by atoms with Crippen LogP contribution in [0.2, 0.25) is 0 Å². The summed E-state index contributed by atoms with van der Waals surface area (Å²) in [5.41, 5.74) is 0.0374. The lowest BCUT2D eigenvalue weighted by Gasteiger charge is -2.08. The highest BCUT2D eigenvalue weighted by Crippen LogP contribution is 2.29. The van der Waals surface area contributed by atoms with Gasteiger partial charge in [0.2, 0.25) is 0 Å². The molecule has 0 saturated heterocycles. The van der Waals surface area contributed by atoms with Gasteiger partial charge >= 0.3 is 12.1 Å². The van der Waals surface area contributed by atoms with Crippen molar-refractivity contribution in [3.05, 3.63) is 65.2 Å². The normalized spacial score (nSPS) is 12.8. The van der Waals surface area contributed by atoms with Crippen molar-refractivity contribution in [2.24, 2.45) is 0 Å². The van der Waals surface area contributed by atoms with Crippen molar-refractivity contribution in [3.8, 4) is 0 Å². The van der Waals surface area contributed by atoms with Crippen LogP contribution in [0.3, 0.4) is 0 Å². The Morgan fingerprint density at radius 1 is 1.04 bits per heavy atom. The summed E-state index contributed by atoms with van der Waals surface area (Å²) in [7, 11) is -1.67. The molecule has 0 heterocycles. The van der Waals surface area contributed by atoms with Gasteiger partial charge in [0.1, 0.15) is 11.0 Å². The third kappa shape index (κ3) is 4.64. The Morgan fingerprint density at radius 3 is 2.09 bits per heavy atom. The van der Waals surface area contributed by atoms with E-state index in [4.69, 9.17) is 5.11 Å². The summed E-state index contributed by atoms with van der Waals surface area (Å²) in [6.07, 6.45) is -4.43. The smallest absolute Gasteiger partial charge is 0.416 e. The van der Waals surface area contributed by atoms with Crippen molar-refractivity contribution in [2.75, 3.05) is 0 Å². The largest absolute Gasteiger partial charge is 0.478 e. The highest BCUT2D eigenvalue weighted by Gasteiger charge is 2.30. The molecule has 1 atom stereocenters. The van der Waals surface area contributed by atoms with Crippen LogP contribution in [0.15, 0.2) is 53.4 Å². The highest BCUT2D eigenvalue weighted by molar-refractivity contribution is 7.83. The zero-order valence-corrected chi connectivity index (χ0v) is 12.4. The third-order valence-electron chi connectivity index (χ3n) is 3.00. The van der Waals surface area contributed by atoms with Gasteiger partial charge in [-0.05, 0) is 42.0 Å². The number of alkyl halides is 3. The molecule has 8 heteroatoms. The summed E-state index contributed by atoms with van der Waals surface area (Å²) in [5, 5.41) is 8.78. The summed E-state index contributed by atoms with van der Waals surface area (Å²) in [4.78, 5) is 10.9. The van der Waals surface area contributed by atoms with Gasteiger partial charge in [-0.1, -0.05) is 12.1 Å². The van der Waals surface area contributed by atoms with E-state index in [2.05, 4.69) is 4.72 Å². The fraction of sp³-hybridized carbons (Fsp3) is 0.133. The maximum Gasteiger partial charge on any atom is 0.416 e. The van der Waals surface area contributed by atoms with Crippen molar-refractivity contribution in [1.82, 2.24) is 4.72 Å². The maximum atomic E-state index is 12.4. The Labute approximate surface area is 132 Å². The molecule has 2 aromatic carbocycles. The van der Waals surface area contributed by atoms with Crippen molar-refractivity contribution in [2.45, 2.75) is 17.6 Å². The van der Waals surface area contributed by atoms with E-state index >= 15 is 0 Å². The van der Waals surface area contributed by atoms with Crippen LogP contribution in [0.25, 0.3) is 0 Å². The first-order chi connectivity index (χ1) is 10.8. The second-order valence-electron chi connectivity index (χ2n) is 4.61. The van der Waals surface area contributed by atoms with Gasteiger partial charge in [0, 0.05) is 6.54 Å². The number of hydrogen-bond donors (Lipinski definition) is 2. The van der Waals surface area contributed by atoms with Gasteiger partial charge in [-0.25, -0.2) is 13.7 Å². The summed E-state index contributed by atoms with van der Waals surface area (Å²) in [5.74, 6) is -1.04. The van der Waals surface area contributed by atoms with E-state index in [-0.39, 0.29) is 17.0 Å². The number of rotatable bonds is 5. The van der Waals surface area contributed by atoms with Crippen molar-refractivity contribution >= 4 is 17.0 Å². The molecule has 0 aliphatic heterocycles. The molecule has 2 N–H and O–H groups in total. The molecule has 0 spiro atoms. The predicted octanol–water partition coefficient (Wildman–Crippen LogP) is 3.22. The van der Waals surface area contributed by atoms with Gasteiger partial charge in [0.25, 0.3) is 0 Å². The number of aromatic carboxylic acids is 1. The minimum absolute atomic E-state index is 0.137. The van der Waals surface area contributed by atoms with Crippen molar-refractivity contribution < 1.29 is 27.3 Å². The summed E-state index contributed by atoms with van der Waals surface area (Å²) in [6, 6.07) is 10.0. The van der Waals surface area contributed by atoms with E-state index < -0.39 is 28.7 Å². The van der Waals surface area contributed by atoms with Crippen LogP contribution in [-0.4, -0.2) is 15.3 Å². The maximum absolute atomic E-state index is 12.4. The predicted molar refractivity (Wildman–Crippen MR) is 78.1 cm³/mol. The third-order valence-corrected chi connectivity index (χ3v) is 4.11. The van der Waals surface area contributed by atoms with E-state index in [1.165, 1.54) is 12.1 Å². The molecule has 0 saturated carbocycles. The minimum atomic E-state index is -4.43. The minimum Gasteiger partial charge on any atom is -0.478 e. The van der Waals surface area contributed by atoms with Crippen LogP contribution in [0.4, 0.5) is 13.2 Å². The fourth-order valence-corrected chi connectivity index (χ4v) is 2.61. The average Bonchev–Trinajstić information content (AvgIpc) is 2.52. The second-order valence-corrected chi connectivity index (χ2v) is 5.91. The van der Waals surface area contributed by atoms with Crippen molar-refractivity contribution in [3.63, 3.8) is 0 Å². The van der Waals surface area contributed by atoms with Crippen LogP contribution in [0, 0.1) is 0 Å². The number of carboxylic acid groups (broad SMARTS) is 1.